The second-order valence-corrected chi connectivity index (χ2v) is 2.23. The summed E-state index contributed by atoms with van der Waals surface area (Å²) in [6, 6.07) is 0. The van der Waals surface area contributed by atoms with Crippen molar-refractivity contribution in [2.24, 2.45) is 0 Å². The average molecular weight is 189 g/mol. The Morgan fingerprint density at radius 2 is 2.08 bits per heavy atom. The molecule has 0 amide bonds. The summed E-state index contributed by atoms with van der Waals surface area (Å²) >= 11 is 0. The zero-order chi connectivity index (χ0) is 10.0. The SMILES string of the molecule is O=C(O)c1cncc(O)c1C(F)F. The predicted molar refractivity (Wildman–Crippen MR) is 37.8 cm³/mol. The van der Waals surface area contributed by atoms with Gasteiger partial charge in [-0.15, -0.1) is 0 Å². The van der Waals surface area contributed by atoms with Crippen LogP contribution in [-0.4, -0.2) is 21.2 Å². The van der Waals surface area contributed by atoms with Crippen LogP contribution in [0.4, 0.5) is 8.78 Å². The van der Waals surface area contributed by atoms with Gasteiger partial charge >= 0.3 is 5.97 Å². The highest BCUT2D eigenvalue weighted by Crippen LogP contribution is 2.30. The lowest BCUT2D eigenvalue weighted by molar-refractivity contribution is 0.0682. The van der Waals surface area contributed by atoms with Gasteiger partial charge in [-0.3, -0.25) is 4.98 Å². The van der Waals surface area contributed by atoms with E-state index in [1.54, 1.807) is 0 Å². The van der Waals surface area contributed by atoms with Crippen molar-refractivity contribution in [2.75, 3.05) is 0 Å². The van der Waals surface area contributed by atoms with Gasteiger partial charge in [-0.1, -0.05) is 0 Å². The van der Waals surface area contributed by atoms with Crippen molar-refractivity contribution in [3.63, 3.8) is 0 Å². The molecule has 70 valence electrons. The lowest BCUT2D eigenvalue weighted by Crippen LogP contribution is -2.03. The maximum Gasteiger partial charge on any atom is 0.337 e. The number of nitrogens with zero attached hydrogens (tertiary/aromatic N) is 1. The minimum absolute atomic E-state index is 0.685. The van der Waals surface area contributed by atoms with Crippen LogP contribution in [0.1, 0.15) is 22.3 Å². The van der Waals surface area contributed by atoms with Crippen LogP contribution in [0.5, 0.6) is 5.75 Å². The molecule has 1 rings (SSSR count). The van der Waals surface area contributed by atoms with Crippen LogP contribution < -0.4 is 0 Å². The number of hydrogen-bond donors (Lipinski definition) is 2. The average Bonchev–Trinajstić information content (AvgIpc) is 2.02. The second-order valence-electron chi connectivity index (χ2n) is 2.23. The summed E-state index contributed by atoms with van der Waals surface area (Å²) in [4.78, 5) is 13.7. The summed E-state index contributed by atoms with van der Waals surface area (Å²) in [6.45, 7) is 0. The van der Waals surface area contributed by atoms with Gasteiger partial charge in [0, 0.05) is 6.20 Å². The van der Waals surface area contributed by atoms with Gasteiger partial charge in [0.05, 0.1) is 17.3 Å². The maximum absolute atomic E-state index is 12.2. The van der Waals surface area contributed by atoms with Crippen molar-refractivity contribution in [1.82, 2.24) is 4.98 Å². The van der Waals surface area contributed by atoms with Gasteiger partial charge in [0.1, 0.15) is 5.75 Å². The fourth-order valence-electron chi connectivity index (χ4n) is 0.859. The van der Waals surface area contributed by atoms with E-state index in [1.807, 2.05) is 0 Å². The van der Waals surface area contributed by atoms with Crippen molar-refractivity contribution >= 4 is 5.97 Å². The van der Waals surface area contributed by atoms with E-state index >= 15 is 0 Å². The van der Waals surface area contributed by atoms with Crippen LogP contribution in [0, 0.1) is 0 Å². The van der Waals surface area contributed by atoms with Crippen molar-refractivity contribution in [3.05, 3.63) is 23.5 Å². The van der Waals surface area contributed by atoms with Crippen molar-refractivity contribution in [1.29, 1.82) is 0 Å². The first-order valence-electron chi connectivity index (χ1n) is 3.22. The molecule has 1 aromatic rings. The molecule has 13 heavy (non-hydrogen) atoms. The Bertz CT molecular complexity index is 341. The number of carboxylic acids is 1. The molecule has 0 radical (unpaired) electrons. The Balaban J connectivity index is 3.34. The van der Waals surface area contributed by atoms with E-state index in [-0.39, 0.29) is 0 Å². The van der Waals surface area contributed by atoms with Gasteiger partial charge in [-0.2, -0.15) is 0 Å². The lowest BCUT2D eigenvalue weighted by Gasteiger charge is -2.05. The van der Waals surface area contributed by atoms with Gasteiger partial charge in [0.2, 0.25) is 0 Å². The Labute approximate surface area is 71.5 Å². The van der Waals surface area contributed by atoms with E-state index in [0.717, 1.165) is 12.4 Å². The first-order chi connectivity index (χ1) is 6.04. The summed E-state index contributed by atoms with van der Waals surface area (Å²) in [7, 11) is 0. The summed E-state index contributed by atoms with van der Waals surface area (Å²) in [5.41, 5.74) is -1.59. The minimum Gasteiger partial charge on any atom is -0.506 e. The molecule has 0 aliphatic carbocycles. The van der Waals surface area contributed by atoms with E-state index in [2.05, 4.69) is 4.98 Å². The molecule has 2 N–H and O–H groups in total. The number of rotatable bonds is 2. The van der Waals surface area contributed by atoms with E-state index in [4.69, 9.17) is 10.2 Å². The molecule has 0 spiro atoms. The Morgan fingerprint density at radius 1 is 1.46 bits per heavy atom. The molecule has 0 aliphatic rings. The fraction of sp³-hybridized carbons (Fsp3) is 0.143. The third-order valence-electron chi connectivity index (χ3n) is 1.42. The van der Waals surface area contributed by atoms with E-state index in [0.29, 0.717) is 0 Å². The zero-order valence-corrected chi connectivity index (χ0v) is 6.24. The third kappa shape index (κ3) is 1.71. The molecule has 0 saturated carbocycles. The fourth-order valence-corrected chi connectivity index (χ4v) is 0.859. The number of alkyl halides is 2. The maximum atomic E-state index is 12.2. The summed E-state index contributed by atoms with van der Waals surface area (Å²) in [6.07, 6.45) is -1.49. The van der Waals surface area contributed by atoms with Gasteiger partial charge in [0.25, 0.3) is 6.43 Å². The molecular formula is C7H5F2NO3. The molecule has 0 aromatic carbocycles. The number of aromatic carboxylic acids is 1. The molecule has 4 nitrogen and oxygen atoms in total. The number of aromatic nitrogens is 1. The molecule has 0 atom stereocenters. The van der Waals surface area contributed by atoms with Gasteiger partial charge < -0.3 is 10.2 Å². The lowest BCUT2D eigenvalue weighted by atomic mass is 10.1. The van der Waals surface area contributed by atoms with E-state index in [1.165, 1.54) is 0 Å². The normalized spacial score (nSPS) is 10.4. The highest BCUT2D eigenvalue weighted by atomic mass is 19.3. The largest absolute Gasteiger partial charge is 0.506 e. The van der Waals surface area contributed by atoms with Gasteiger partial charge in [0.15, 0.2) is 0 Å². The first-order valence-corrected chi connectivity index (χ1v) is 3.22. The Kier molecular flexibility index (Phi) is 2.41. The summed E-state index contributed by atoms with van der Waals surface area (Å²) in [5.74, 6) is -2.35. The van der Waals surface area contributed by atoms with E-state index < -0.39 is 29.3 Å². The predicted octanol–water partition coefficient (Wildman–Crippen LogP) is 1.42. The Morgan fingerprint density at radius 3 is 2.46 bits per heavy atom. The molecule has 0 unspecified atom stereocenters. The standard InChI is InChI=1S/C7H5F2NO3/c8-6(9)5-3(7(12)13)1-10-2-4(5)11/h1-2,6,11H,(H,12,13). The molecule has 0 saturated heterocycles. The molecule has 0 bridgehead atoms. The van der Waals surface area contributed by atoms with Crippen LogP contribution in [0.3, 0.4) is 0 Å². The second kappa shape index (κ2) is 3.34. The number of pyridine rings is 1. The van der Waals surface area contributed by atoms with Crippen LogP contribution in [0.2, 0.25) is 0 Å². The zero-order valence-electron chi connectivity index (χ0n) is 6.24. The quantitative estimate of drug-likeness (QED) is 0.738. The third-order valence-corrected chi connectivity index (χ3v) is 1.42. The molecule has 0 fully saturated rings. The van der Waals surface area contributed by atoms with Crippen molar-refractivity contribution in [2.45, 2.75) is 6.43 Å². The number of carbonyl (C=O) groups is 1. The number of carboxylic acid groups (broad SMARTS) is 1. The minimum atomic E-state index is -3.03. The number of hydrogen-bond acceptors (Lipinski definition) is 3. The van der Waals surface area contributed by atoms with Crippen LogP contribution in [0.25, 0.3) is 0 Å². The number of halogens is 2. The number of aromatic hydroxyl groups is 1. The van der Waals surface area contributed by atoms with Crippen LogP contribution >= 0.6 is 0 Å². The van der Waals surface area contributed by atoms with Gasteiger partial charge in [-0.05, 0) is 0 Å². The van der Waals surface area contributed by atoms with Crippen molar-refractivity contribution in [3.8, 4) is 5.75 Å². The molecular weight excluding hydrogens is 184 g/mol. The summed E-state index contributed by atoms with van der Waals surface area (Å²) in [5, 5.41) is 17.4. The van der Waals surface area contributed by atoms with E-state index in [9.17, 15) is 13.6 Å². The van der Waals surface area contributed by atoms with Gasteiger partial charge in [-0.25, -0.2) is 13.6 Å². The monoisotopic (exact) mass is 189 g/mol. The highest BCUT2D eigenvalue weighted by Gasteiger charge is 2.21. The molecule has 1 heterocycles. The topological polar surface area (TPSA) is 70.4 Å². The summed E-state index contributed by atoms with van der Waals surface area (Å²) < 4.78 is 24.4. The Hall–Kier alpha value is -1.72. The molecule has 1 aromatic heterocycles. The highest BCUT2D eigenvalue weighted by molar-refractivity contribution is 5.89. The molecule has 6 heteroatoms. The first kappa shape index (κ1) is 9.37. The smallest absolute Gasteiger partial charge is 0.337 e. The van der Waals surface area contributed by atoms with Crippen molar-refractivity contribution < 1.29 is 23.8 Å². The van der Waals surface area contributed by atoms with Crippen LogP contribution in [0.15, 0.2) is 12.4 Å². The molecule has 0 aliphatic heterocycles. The van der Waals surface area contributed by atoms with Crippen LogP contribution in [-0.2, 0) is 0 Å².